The summed E-state index contributed by atoms with van der Waals surface area (Å²) < 4.78 is 32.9. The monoisotopic (exact) mass is 732 g/mol. The van der Waals surface area contributed by atoms with Crippen LogP contribution in [-0.2, 0) is 38.8 Å². The second-order valence-corrected chi connectivity index (χ2v) is 14.0. The van der Waals surface area contributed by atoms with Gasteiger partial charge in [0.15, 0.2) is 0 Å². The number of methoxy groups -OCH3 is 1. The van der Waals surface area contributed by atoms with Gasteiger partial charge in [0.25, 0.3) is 5.91 Å². The minimum atomic E-state index is -0.611. The van der Waals surface area contributed by atoms with Crippen molar-refractivity contribution in [1.82, 2.24) is 29.7 Å². The van der Waals surface area contributed by atoms with Crippen LogP contribution in [0.15, 0.2) is 54.6 Å². The first-order chi connectivity index (χ1) is 25.2. The summed E-state index contributed by atoms with van der Waals surface area (Å²) in [4.78, 5) is 51.7. The van der Waals surface area contributed by atoms with Gasteiger partial charge in [-0.15, -0.1) is 0 Å². The van der Waals surface area contributed by atoms with Crippen LogP contribution in [0.5, 0.6) is 5.88 Å². The minimum Gasteiger partial charge on any atom is -0.473 e. The number of nitrogens with zero attached hydrogens (tertiary/aromatic N) is 5. The van der Waals surface area contributed by atoms with E-state index >= 15 is 0 Å². The lowest BCUT2D eigenvalue weighted by Crippen LogP contribution is -2.45. The minimum absolute atomic E-state index is 0.0637. The Morgan fingerprint density at radius 2 is 1.85 bits per heavy atom. The molecule has 2 atom stereocenters. The second kappa shape index (κ2) is 16.0. The normalized spacial score (nSPS) is 19.4. The number of benzene rings is 2. The van der Waals surface area contributed by atoms with E-state index < -0.39 is 17.8 Å². The van der Waals surface area contributed by atoms with Crippen LogP contribution in [0.25, 0.3) is 11.0 Å². The third-order valence-corrected chi connectivity index (χ3v) is 10.5. The number of carbonyl (C=O) groups excluding carboxylic acids is 3. The lowest BCUT2D eigenvalue weighted by molar-refractivity contribution is -0.150. The summed E-state index contributed by atoms with van der Waals surface area (Å²) in [6.45, 7) is 4.08. The first kappa shape index (κ1) is 35.8. The number of carbonyl (C=O) groups is 3. The number of amides is 2. The number of esters is 1. The summed E-state index contributed by atoms with van der Waals surface area (Å²) in [6, 6.07) is 15.1. The molecule has 2 aromatic heterocycles. The molecule has 1 N–H and O–H groups in total. The van der Waals surface area contributed by atoms with E-state index in [2.05, 4.69) is 14.8 Å². The fourth-order valence-electron chi connectivity index (χ4n) is 7.20. The van der Waals surface area contributed by atoms with Gasteiger partial charge in [0.1, 0.15) is 24.3 Å². The molecule has 14 heteroatoms. The number of halogens is 2. The Bertz CT molecular complexity index is 1940. The van der Waals surface area contributed by atoms with Crippen LogP contribution in [-0.4, -0.2) is 94.2 Å². The highest BCUT2D eigenvalue weighted by Gasteiger charge is 2.35. The Kier molecular flexibility index (Phi) is 11.0. The van der Waals surface area contributed by atoms with Crippen LogP contribution in [0.1, 0.15) is 65.5 Å². The molecule has 2 amide bonds. The molecular weight excluding hydrogens is 691 g/mol. The molecule has 274 valence electrons. The molecule has 0 aliphatic carbocycles. The predicted molar refractivity (Wildman–Crippen MR) is 190 cm³/mol. The van der Waals surface area contributed by atoms with E-state index in [1.54, 1.807) is 30.3 Å². The predicted octanol–water partition coefficient (Wildman–Crippen LogP) is 4.87. The summed E-state index contributed by atoms with van der Waals surface area (Å²) in [6.07, 6.45) is 4.19. The van der Waals surface area contributed by atoms with Gasteiger partial charge in [-0.3, -0.25) is 14.5 Å². The molecule has 0 radical (unpaired) electrons. The Morgan fingerprint density at radius 3 is 2.60 bits per heavy atom. The van der Waals surface area contributed by atoms with Crippen LogP contribution in [0.2, 0.25) is 5.02 Å². The molecule has 5 heterocycles. The van der Waals surface area contributed by atoms with E-state index in [0.29, 0.717) is 60.0 Å². The van der Waals surface area contributed by atoms with E-state index in [4.69, 9.17) is 35.8 Å². The van der Waals surface area contributed by atoms with Gasteiger partial charge in [-0.25, -0.2) is 19.2 Å². The number of nitrogens with one attached hydrogen (secondary N) is 1. The number of hydrogen-bond donors (Lipinski definition) is 1. The van der Waals surface area contributed by atoms with Gasteiger partial charge in [-0.05, 0) is 81.6 Å². The highest BCUT2D eigenvalue weighted by atomic mass is 35.5. The quantitative estimate of drug-likeness (QED) is 0.203. The number of imidazole rings is 1. The maximum atomic E-state index is 14.2. The first-order valence-corrected chi connectivity index (χ1v) is 18.2. The highest BCUT2D eigenvalue weighted by Crippen LogP contribution is 2.30. The molecule has 0 spiro atoms. The Morgan fingerprint density at radius 1 is 1.02 bits per heavy atom. The van der Waals surface area contributed by atoms with Gasteiger partial charge >= 0.3 is 5.97 Å². The lowest BCUT2D eigenvalue weighted by atomic mass is 9.93. The smallest absolute Gasteiger partial charge is 0.328 e. The molecular formula is C38H42ClFN6O6. The molecule has 3 aliphatic rings. The van der Waals surface area contributed by atoms with Gasteiger partial charge < -0.3 is 29.0 Å². The molecule has 0 bridgehead atoms. The van der Waals surface area contributed by atoms with Crippen LogP contribution in [0.3, 0.4) is 0 Å². The third kappa shape index (κ3) is 8.06. The van der Waals surface area contributed by atoms with Crippen LogP contribution in [0.4, 0.5) is 4.39 Å². The van der Waals surface area contributed by atoms with Gasteiger partial charge in [0.2, 0.25) is 11.8 Å². The van der Waals surface area contributed by atoms with Crippen molar-refractivity contribution >= 4 is 40.4 Å². The van der Waals surface area contributed by atoms with E-state index in [1.807, 2.05) is 18.2 Å². The van der Waals surface area contributed by atoms with Crippen molar-refractivity contribution in [2.24, 2.45) is 0 Å². The molecule has 12 nitrogen and oxygen atoms in total. The third-order valence-electron chi connectivity index (χ3n) is 10.2. The van der Waals surface area contributed by atoms with Crippen LogP contribution < -0.4 is 10.1 Å². The number of pyridine rings is 1. The maximum Gasteiger partial charge on any atom is 0.328 e. The molecule has 3 aliphatic heterocycles. The number of aromatic nitrogens is 3. The standard InChI is InChI=1S/C38H42ClFN6O6/c1-50-38(49)33-5-3-14-45(33)36(47)20-41-37(48)25-8-10-32-31(18-25)42-34(46(32)21-28-13-17-51-28)22-44-15-11-24(12-16-44)30-4-2-6-35(43-30)52-23-26-7-9-27(39)19-29(26)40/h2,4,6-10,18-19,24,28,33H,3,5,11-17,20-23H2,1H3,(H,41,48)/t28-,33-/m0/s1. The number of ether oxygens (including phenoxy) is 3. The largest absolute Gasteiger partial charge is 0.473 e. The zero-order valence-corrected chi connectivity index (χ0v) is 29.8. The first-order valence-electron chi connectivity index (χ1n) is 17.8. The molecule has 52 heavy (non-hydrogen) atoms. The van der Waals surface area contributed by atoms with Crippen molar-refractivity contribution in [1.29, 1.82) is 0 Å². The van der Waals surface area contributed by atoms with Crippen molar-refractivity contribution in [3.05, 3.63) is 88.1 Å². The molecule has 0 saturated carbocycles. The molecule has 4 aromatic rings. The molecule has 7 rings (SSSR count). The van der Waals surface area contributed by atoms with Gasteiger partial charge in [0.05, 0.1) is 43.9 Å². The summed E-state index contributed by atoms with van der Waals surface area (Å²) in [5.41, 5.74) is 3.40. The van der Waals surface area contributed by atoms with Crippen LogP contribution >= 0.6 is 11.6 Å². The van der Waals surface area contributed by atoms with E-state index in [1.165, 1.54) is 18.1 Å². The second-order valence-electron chi connectivity index (χ2n) is 13.6. The molecule has 0 unspecified atom stereocenters. The molecule has 2 aromatic carbocycles. The maximum absolute atomic E-state index is 14.2. The molecule has 3 saturated heterocycles. The van der Waals surface area contributed by atoms with E-state index in [-0.39, 0.29) is 37.0 Å². The van der Waals surface area contributed by atoms with Crippen molar-refractivity contribution in [2.75, 3.05) is 39.9 Å². The fourth-order valence-corrected chi connectivity index (χ4v) is 7.36. The SMILES string of the molecule is COC(=O)[C@@H]1CCCN1C(=O)CNC(=O)c1ccc2c(c1)nc(CN1CCC(c3cccc(OCc4ccc(Cl)cc4F)n3)CC1)n2C[C@@H]1CCO1. The number of fused-ring (bicyclic) bond motifs is 1. The van der Waals surface area contributed by atoms with Crippen molar-refractivity contribution in [3.8, 4) is 5.88 Å². The summed E-state index contributed by atoms with van der Waals surface area (Å²) in [5, 5.41) is 3.06. The highest BCUT2D eigenvalue weighted by molar-refractivity contribution is 6.30. The van der Waals surface area contributed by atoms with E-state index in [9.17, 15) is 18.8 Å². The Balaban J connectivity index is 0.979. The zero-order valence-electron chi connectivity index (χ0n) is 29.1. The van der Waals surface area contributed by atoms with Crippen LogP contribution in [0, 0.1) is 5.82 Å². The number of rotatable bonds is 12. The number of likely N-dealkylation sites (tertiary alicyclic amines) is 2. The van der Waals surface area contributed by atoms with Gasteiger partial charge in [0, 0.05) is 47.0 Å². The summed E-state index contributed by atoms with van der Waals surface area (Å²) in [5.74, 6) is 0.0743. The van der Waals surface area contributed by atoms with Gasteiger partial charge in [-0.1, -0.05) is 23.7 Å². The van der Waals surface area contributed by atoms with Crippen molar-refractivity contribution in [2.45, 2.75) is 69.9 Å². The summed E-state index contributed by atoms with van der Waals surface area (Å²) in [7, 11) is 1.31. The van der Waals surface area contributed by atoms with E-state index in [0.717, 1.165) is 56.0 Å². The van der Waals surface area contributed by atoms with Crippen molar-refractivity contribution < 1.29 is 33.0 Å². The number of piperidine rings is 1. The number of hydrogen-bond acceptors (Lipinski definition) is 9. The Hall–Kier alpha value is -4.59. The van der Waals surface area contributed by atoms with Crippen molar-refractivity contribution in [3.63, 3.8) is 0 Å². The molecule has 3 fully saturated rings. The zero-order chi connectivity index (χ0) is 36.2. The lowest BCUT2D eigenvalue weighted by Gasteiger charge is -2.32. The summed E-state index contributed by atoms with van der Waals surface area (Å²) >= 11 is 5.87. The Labute approximate surface area is 306 Å². The fraction of sp³-hybridized carbons (Fsp3) is 0.447. The average Bonchev–Trinajstić information content (AvgIpc) is 3.76. The average molecular weight is 733 g/mol. The van der Waals surface area contributed by atoms with Gasteiger partial charge in [-0.2, -0.15) is 0 Å². The topological polar surface area (TPSA) is 128 Å².